The van der Waals surface area contributed by atoms with Gasteiger partial charge in [0.05, 0.1) is 0 Å². The number of ether oxygens (including phenoxy) is 1. The van der Waals surface area contributed by atoms with Gasteiger partial charge in [-0.3, -0.25) is 0 Å². The largest absolute Gasteiger partial charge is 0.508 e. The fourth-order valence-electron chi connectivity index (χ4n) is 1.76. The Morgan fingerprint density at radius 3 is 2.39 bits per heavy atom. The summed E-state index contributed by atoms with van der Waals surface area (Å²) in [6, 6.07) is 15.3. The monoisotopic (exact) mass is 242 g/mol. The van der Waals surface area contributed by atoms with Crippen LogP contribution in [0.3, 0.4) is 0 Å². The summed E-state index contributed by atoms with van der Waals surface area (Å²) in [5.41, 5.74) is 2.27. The molecule has 0 fully saturated rings. The molecular formula is C16H18O2. The molecule has 0 saturated heterocycles. The van der Waals surface area contributed by atoms with Crippen molar-refractivity contribution in [3.63, 3.8) is 0 Å². The maximum atomic E-state index is 9.35. The van der Waals surface area contributed by atoms with Crippen molar-refractivity contribution in [2.45, 2.75) is 26.4 Å². The van der Waals surface area contributed by atoms with Gasteiger partial charge in [-0.25, -0.2) is 0 Å². The molecule has 1 N–H and O–H groups in total. The van der Waals surface area contributed by atoms with Gasteiger partial charge in [0.15, 0.2) is 0 Å². The van der Waals surface area contributed by atoms with Gasteiger partial charge in [-0.2, -0.15) is 0 Å². The van der Waals surface area contributed by atoms with Gasteiger partial charge in [0.2, 0.25) is 0 Å². The zero-order valence-corrected chi connectivity index (χ0v) is 10.8. The molecule has 2 aromatic carbocycles. The maximum absolute atomic E-state index is 9.35. The minimum atomic E-state index is 0.270. The lowest BCUT2D eigenvalue weighted by molar-refractivity contribution is 0.305. The van der Waals surface area contributed by atoms with Crippen molar-refractivity contribution in [2.24, 2.45) is 0 Å². The molecule has 0 amide bonds. The number of hydrogen-bond acceptors (Lipinski definition) is 2. The molecule has 0 spiro atoms. The van der Waals surface area contributed by atoms with Crippen LogP contribution in [0.2, 0.25) is 0 Å². The highest BCUT2D eigenvalue weighted by Crippen LogP contribution is 2.20. The van der Waals surface area contributed by atoms with Gasteiger partial charge < -0.3 is 9.84 Å². The van der Waals surface area contributed by atoms with Crippen molar-refractivity contribution in [1.29, 1.82) is 0 Å². The molecule has 2 aromatic rings. The molecule has 0 atom stereocenters. The van der Waals surface area contributed by atoms with E-state index in [4.69, 9.17) is 4.74 Å². The topological polar surface area (TPSA) is 29.5 Å². The first-order valence-corrected chi connectivity index (χ1v) is 6.16. The third-order valence-corrected chi connectivity index (χ3v) is 2.86. The molecule has 2 heteroatoms. The van der Waals surface area contributed by atoms with Crippen molar-refractivity contribution < 1.29 is 9.84 Å². The number of benzene rings is 2. The van der Waals surface area contributed by atoms with E-state index >= 15 is 0 Å². The highest BCUT2D eigenvalue weighted by atomic mass is 16.5. The van der Waals surface area contributed by atoms with Crippen molar-refractivity contribution in [3.8, 4) is 11.5 Å². The Labute approximate surface area is 108 Å². The Morgan fingerprint density at radius 1 is 1.06 bits per heavy atom. The van der Waals surface area contributed by atoms with E-state index in [0.717, 1.165) is 11.3 Å². The SMILES string of the molecule is CC(C)c1ccc(OCc2cccc(O)c2)cc1. The second-order valence-corrected chi connectivity index (χ2v) is 4.68. The van der Waals surface area contributed by atoms with Crippen LogP contribution in [-0.4, -0.2) is 5.11 Å². The van der Waals surface area contributed by atoms with E-state index in [2.05, 4.69) is 26.0 Å². The number of phenolic OH excluding ortho intramolecular Hbond substituents is 1. The van der Waals surface area contributed by atoms with Gasteiger partial charge >= 0.3 is 0 Å². The van der Waals surface area contributed by atoms with Crippen LogP contribution < -0.4 is 4.74 Å². The summed E-state index contributed by atoms with van der Waals surface area (Å²) in [6.07, 6.45) is 0. The van der Waals surface area contributed by atoms with Gasteiger partial charge in [-0.1, -0.05) is 38.1 Å². The standard InChI is InChI=1S/C16H18O2/c1-12(2)14-6-8-16(9-7-14)18-11-13-4-3-5-15(17)10-13/h3-10,12,17H,11H2,1-2H3. The van der Waals surface area contributed by atoms with Gasteiger partial charge in [0.25, 0.3) is 0 Å². The van der Waals surface area contributed by atoms with Crippen molar-refractivity contribution in [2.75, 3.05) is 0 Å². The summed E-state index contributed by atoms with van der Waals surface area (Å²) in [5, 5.41) is 9.35. The average molecular weight is 242 g/mol. The predicted octanol–water partition coefficient (Wildman–Crippen LogP) is 4.09. The molecule has 0 saturated carbocycles. The molecule has 0 unspecified atom stereocenters. The third kappa shape index (κ3) is 3.27. The Morgan fingerprint density at radius 2 is 1.78 bits per heavy atom. The quantitative estimate of drug-likeness (QED) is 0.874. The minimum absolute atomic E-state index is 0.270. The average Bonchev–Trinajstić information content (AvgIpc) is 2.37. The number of aromatic hydroxyl groups is 1. The molecule has 0 aliphatic heterocycles. The zero-order chi connectivity index (χ0) is 13.0. The molecule has 18 heavy (non-hydrogen) atoms. The van der Waals surface area contributed by atoms with Crippen LogP contribution in [0.25, 0.3) is 0 Å². The van der Waals surface area contributed by atoms with E-state index in [9.17, 15) is 5.11 Å². The van der Waals surface area contributed by atoms with Crippen LogP contribution in [0.1, 0.15) is 30.9 Å². The summed E-state index contributed by atoms with van der Waals surface area (Å²) in [5.74, 6) is 1.65. The molecule has 0 aromatic heterocycles. The highest BCUT2D eigenvalue weighted by molar-refractivity contribution is 5.30. The smallest absolute Gasteiger partial charge is 0.119 e. The first-order chi connectivity index (χ1) is 8.65. The van der Waals surface area contributed by atoms with E-state index in [1.54, 1.807) is 12.1 Å². The predicted molar refractivity (Wildman–Crippen MR) is 73.0 cm³/mol. The molecule has 0 heterocycles. The van der Waals surface area contributed by atoms with Crippen LogP contribution in [-0.2, 0) is 6.61 Å². The van der Waals surface area contributed by atoms with Gasteiger partial charge in [-0.15, -0.1) is 0 Å². The Bertz CT molecular complexity index is 501. The molecule has 0 aliphatic rings. The molecule has 0 aliphatic carbocycles. The molecule has 2 rings (SSSR count). The normalized spacial score (nSPS) is 10.6. The van der Waals surface area contributed by atoms with Crippen LogP contribution in [0.5, 0.6) is 11.5 Å². The second kappa shape index (κ2) is 5.58. The Kier molecular flexibility index (Phi) is 3.88. The van der Waals surface area contributed by atoms with Crippen molar-refractivity contribution >= 4 is 0 Å². The zero-order valence-electron chi connectivity index (χ0n) is 10.8. The molecular weight excluding hydrogens is 224 g/mol. The lowest BCUT2D eigenvalue weighted by Gasteiger charge is -2.09. The van der Waals surface area contributed by atoms with Crippen LogP contribution >= 0.6 is 0 Å². The number of rotatable bonds is 4. The van der Waals surface area contributed by atoms with Gasteiger partial charge in [0.1, 0.15) is 18.1 Å². The number of hydrogen-bond donors (Lipinski definition) is 1. The Hall–Kier alpha value is -1.96. The summed E-state index contributed by atoms with van der Waals surface area (Å²) >= 11 is 0. The van der Waals surface area contributed by atoms with E-state index < -0.39 is 0 Å². The minimum Gasteiger partial charge on any atom is -0.508 e. The summed E-state index contributed by atoms with van der Waals surface area (Å²) in [4.78, 5) is 0. The van der Waals surface area contributed by atoms with Crippen molar-refractivity contribution in [1.82, 2.24) is 0 Å². The van der Waals surface area contributed by atoms with Crippen LogP contribution in [0.15, 0.2) is 48.5 Å². The summed E-state index contributed by atoms with van der Waals surface area (Å²) in [6.45, 7) is 4.81. The first kappa shape index (κ1) is 12.5. The highest BCUT2D eigenvalue weighted by Gasteiger charge is 2.00. The lowest BCUT2D eigenvalue weighted by atomic mass is 10.0. The first-order valence-electron chi connectivity index (χ1n) is 6.16. The van der Waals surface area contributed by atoms with Crippen LogP contribution in [0.4, 0.5) is 0 Å². The molecule has 0 radical (unpaired) electrons. The fraction of sp³-hybridized carbons (Fsp3) is 0.250. The van der Waals surface area contributed by atoms with E-state index in [0.29, 0.717) is 12.5 Å². The lowest BCUT2D eigenvalue weighted by Crippen LogP contribution is -1.95. The van der Waals surface area contributed by atoms with Gasteiger partial charge in [0, 0.05) is 0 Å². The van der Waals surface area contributed by atoms with E-state index in [1.165, 1.54) is 5.56 Å². The maximum Gasteiger partial charge on any atom is 0.119 e. The Balaban J connectivity index is 1.98. The van der Waals surface area contributed by atoms with Crippen LogP contribution in [0, 0.1) is 0 Å². The fourth-order valence-corrected chi connectivity index (χ4v) is 1.76. The summed E-state index contributed by atoms with van der Waals surface area (Å²) in [7, 11) is 0. The molecule has 0 bridgehead atoms. The molecule has 94 valence electrons. The molecule has 2 nitrogen and oxygen atoms in total. The summed E-state index contributed by atoms with van der Waals surface area (Å²) < 4.78 is 5.67. The number of phenols is 1. The third-order valence-electron chi connectivity index (χ3n) is 2.86. The van der Waals surface area contributed by atoms with E-state index in [1.807, 2.05) is 24.3 Å². The van der Waals surface area contributed by atoms with E-state index in [-0.39, 0.29) is 5.75 Å². The van der Waals surface area contributed by atoms with Gasteiger partial charge in [-0.05, 0) is 41.3 Å². The van der Waals surface area contributed by atoms with Crippen molar-refractivity contribution in [3.05, 3.63) is 59.7 Å². The second-order valence-electron chi connectivity index (χ2n) is 4.68.